The van der Waals surface area contributed by atoms with Crippen molar-refractivity contribution in [3.8, 4) is 11.5 Å². The summed E-state index contributed by atoms with van der Waals surface area (Å²) in [7, 11) is 3.07. The van der Waals surface area contributed by atoms with E-state index in [-0.39, 0.29) is 12.5 Å². The van der Waals surface area contributed by atoms with Crippen LogP contribution in [0.15, 0.2) is 48.5 Å². The van der Waals surface area contributed by atoms with Gasteiger partial charge in [0, 0.05) is 24.5 Å². The zero-order valence-corrected chi connectivity index (χ0v) is 17.6. The van der Waals surface area contributed by atoms with Gasteiger partial charge in [-0.05, 0) is 55.0 Å². The summed E-state index contributed by atoms with van der Waals surface area (Å²) in [5, 5.41) is 2.74. The van der Waals surface area contributed by atoms with Crippen LogP contribution >= 0.6 is 0 Å². The average molecular weight is 427 g/mol. The Kier molecular flexibility index (Phi) is 8.44. The number of anilines is 2. The van der Waals surface area contributed by atoms with Gasteiger partial charge in [0.25, 0.3) is 5.91 Å². The number of nitrogens with two attached hydrogens (primary N) is 1. The summed E-state index contributed by atoms with van der Waals surface area (Å²) >= 11 is 0. The average Bonchev–Trinajstić information content (AvgIpc) is 2.76. The van der Waals surface area contributed by atoms with Gasteiger partial charge in [0.05, 0.1) is 13.7 Å². The van der Waals surface area contributed by atoms with Crippen molar-refractivity contribution in [1.82, 2.24) is 0 Å². The van der Waals surface area contributed by atoms with Gasteiger partial charge in [-0.3, -0.25) is 14.5 Å². The Morgan fingerprint density at radius 1 is 1.10 bits per heavy atom. The molecule has 0 saturated carbocycles. The first-order chi connectivity index (χ1) is 14.8. The van der Waals surface area contributed by atoms with Gasteiger partial charge >= 0.3 is 6.09 Å². The minimum absolute atomic E-state index is 0.262. The fourth-order valence-electron chi connectivity index (χ4n) is 2.51. The molecule has 31 heavy (non-hydrogen) atoms. The molecule has 0 aromatic heterocycles. The van der Waals surface area contributed by atoms with Crippen LogP contribution in [-0.2, 0) is 14.3 Å². The van der Waals surface area contributed by atoms with Gasteiger partial charge in [-0.2, -0.15) is 0 Å². The molecule has 0 heterocycles. The zero-order chi connectivity index (χ0) is 22.8. The van der Waals surface area contributed by atoms with Crippen LogP contribution in [0.5, 0.6) is 11.5 Å². The van der Waals surface area contributed by atoms with Crippen molar-refractivity contribution in [2.45, 2.75) is 6.92 Å². The molecule has 2 rings (SSSR count). The maximum Gasteiger partial charge on any atom is 0.413 e. The Labute approximate surface area is 180 Å². The number of nitrogens with zero attached hydrogens (tertiary/aromatic N) is 1. The molecular weight excluding hydrogens is 402 g/mol. The number of benzene rings is 2. The van der Waals surface area contributed by atoms with E-state index in [1.165, 1.54) is 18.1 Å². The number of carbonyl (C=O) groups excluding carboxylic acids is 3. The lowest BCUT2D eigenvalue weighted by atomic mass is 10.2. The summed E-state index contributed by atoms with van der Waals surface area (Å²) in [6.07, 6.45) is 2.53. The summed E-state index contributed by atoms with van der Waals surface area (Å²) in [5.41, 5.74) is 6.98. The number of nitrogens with one attached hydrogen (secondary N) is 1. The van der Waals surface area contributed by atoms with E-state index in [1.807, 2.05) is 0 Å². The second-order valence-corrected chi connectivity index (χ2v) is 6.29. The minimum atomic E-state index is -0.594. The summed E-state index contributed by atoms with van der Waals surface area (Å²) in [6, 6.07) is 11.8. The number of carbonyl (C=O) groups is 3. The van der Waals surface area contributed by atoms with Crippen molar-refractivity contribution in [3.05, 3.63) is 54.1 Å². The molecule has 3 amide bonds. The van der Waals surface area contributed by atoms with Crippen LogP contribution in [0.2, 0.25) is 0 Å². The molecule has 0 aliphatic heterocycles. The van der Waals surface area contributed by atoms with Crippen LogP contribution in [-0.4, -0.2) is 45.3 Å². The lowest BCUT2D eigenvalue weighted by molar-refractivity contribution is -0.120. The third-order valence-corrected chi connectivity index (χ3v) is 4.05. The van der Waals surface area contributed by atoms with Gasteiger partial charge in [-0.1, -0.05) is 6.07 Å². The van der Waals surface area contributed by atoms with Gasteiger partial charge < -0.3 is 25.3 Å². The topological polar surface area (TPSA) is 120 Å². The smallest absolute Gasteiger partial charge is 0.413 e. The maximum atomic E-state index is 12.2. The number of rotatable bonds is 9. The SMILES string of the molecule is CCOC(=O)N(C)c1ccc(NC(=O)/C=C/c2ccc(OCC(N)=O)c(OC)c2)cc1. The third kappa shape index (κ3) is 7.07. The number of methoxy groups -OCH3 is 1. The second-order valence-electron chi connectivity index (χ2n) is 6.29. The highest BCUT2D eigenvalue weighted by atomic mass is 16.6. The Morgan fingerprint density at radius 3 is 2.42 bits per heavy atom. The van der Waals surface area contributed by atoms with Gasteiger partial charge in [0.2, 0.25) is 5.91 Å². The quantitative estimate of drug-likeness (QED) is 0.594. The number of amides is 3. The molecule has 164 valence electrons. The number of hydrogen-bond donors (Lipinski definition) is 2. The zero-order valence-electron chi connectivity index (χ0n) is 17.6. The maximum absolute atomic E-state index is 12.2. The van der Waals surface area contributed by atoms with E-state index in [4.69, 9.17) is 19.9 Å². The summed E-state index contributed by atoms with van der Waals surface area (Å²) < 4.78 is 15.4. The first kappa shape index (κ1) is 23.3. The van der Waals surface area contributed by atoms with E-state index in [9.17, 15) is 14.4 Å². The van der Waals surface area contributed by atoms with Crippen molar-refractivity contribution in [1.29, 1.82) is 0 Å². The fourth-order valence-corrected chi connectivity index (χ4v) is 2.51. The van der Waals surface area contributed by atoms with Crippen LogP contribution < -0.4 is 25.4 Å². The van der Waals surface area contributed by atoms with Gasteiger partial charge in [0.1, 0.15) is 0 Å². The van der Waals surface area contributed by atoms with Gasteiger partial charge in [-0.25, -0.2) is 4.79 Å². The van der Waals surface area contributed by atoms with E-state index in [2.05, 4.69) is 5.32 Å². The van der Waals surface area contributed by atoms with Crippen molar-refractivity contribution < 1.29 is 28.6 Å². The lowest BCUT2D eigenvalue weighted by Gasteiger charge is -2.16. The van der Waals surface area contributed by atoms with Crippen molar-refractivity contribution >= 4 is 35.4 Å². The highest BCUT2D eigenvalue weighted by molar-refractivity contribution is 6.02. The van der Waals surface area contributed by atoms with E-state index >= 15 is 0 Å². The third-order valence-electron chi connectivity index (χ3n) is 4.05. The highest BCUT2D eigenvalue weighted by Crippen LogP contribution is 2.28. The van der Waals surface area contributed by atoms with E-state index in [1.54, 1.807) is 62.5 Å². The molecular formula is C22H25N3O6. The highest BCUT2D eigenvalue weighted by Gasteiger charge is 2.11. The number of hydrogen-bond acceptors (Lipinski definition) is 6. The molecule has 2 aromatic carbocycles. The number of ether oxygens (including phenoxy) is 3. The Morgan fingerprint density at radius 2 is 1.81 bits per heavy atom. The molecule has 3 N–H and O–H groups in total. The Bertz CT molecular complexity index is 956. The molecule has 2 aromatic rings. The predicted molar refractivity (Wildman–Crippen MR) is 117 cm³/mol. The van der Waals surface area contributed by atoms with Crippen LogP contribution in [0.25, 0.3) is 6.08 Å². The van der Waals surface area contributed by atoms with Gasteiger partial charge in [-0.15, -0.1) is 0 Å². The van der Waals surface area contributed by atoms with Crippen molar-refractivity contribution in [2.24, 2.45) is 5.73 Å². The Balaban J connectivity index is 1.99. The molecule has 0 spiro atoms. The van der Waals surface area contributed by atoms with Crippen LogP contribution in [0, 0.1) is 0 Å². The van der Waals surface area contributed by atoms with Gasteiger partial charge in [0.15, 0.2) is 18.1 Å². The van der Waals surface area contributed by atoms with E-state index < -0.39 is 12.0 Å². The molecule has 0 aliphatic rings. The molecule has 9 heteroatoms. The molecule has 0 unspecified atom stereocenters. The predicted octanol–water partition coefficient (Wildman–Crippen LogP) is 2.80. The second kappa shape index (κ2) is 11.2. The lowest BCUT2D eigenvalue weighted by Crippen LogP contribution is -2.26. The monoisotopic (exact) mass is 427 g/mol. The molecule has 0 radical (unpaired) electrons. The summed E-state index contributed by atoms with van der Waals surface area (Å²) in [6.45, 7) is 1.76. The Hall–Kier alpha value is -4.01. The van der Waals surface area contributed by atoms with Crippen LogP contribution in [0.3, 0.4) is 0 Å². The normalized spacial score (nSPS) is 10.4. The fraction of sp³-hybridized carbons (Fsp3) is 0.227. The summed E-state index contributed by atoms with van der Waals surface area (Å²) in [5.74, 6) is -0.149. The van der Waals surface area contributed by atoms with Crippen molar-refractivity contribution in [3.63, 3.8) is 0 Å². The molecule has 9 nitrogen and oxygen atoms in total. The minimum Gasteiger partial charge on any atom is -0.493 e. The molecule has 0 bridgehead atoms. The molecule has 0 aliphatic carbocycles. The first-order valence-corrected chi connectivity index (χ1v) is 9.42. The molecule has 0 saturated heterocycles. The number of primary amides is 1. The summed E-state index contributed by atoms with van der Waals surface area (Å²) in [4.78, 5) is 36.2. The molecule has 0 atom stereocenters. The van der Waals surface area contributed by atoms with Crippen LogP contribution in [0.1, 0.15) is 12.5 Å². The molecule has 0 fully saturated rings. The van der Waals surface area contributed by atoms with Crippen molar-refractivity contribution in [2.75, 3.05) is 37.6 Å². The van der Waals surface area contributed by atoms with E-state index in [0.717, 1.165) is 0 Å². The first-order valence-electron chi connectivity index (χ1n) is 9.42. The van der Waals surface area contributed by atoms with E-state index in [0.29, 0.717) is 35.0 Å². The standard InChI is InChI=1S/C22H25N3O6/c1-4-30-22(28)25(2)17-9-7-16(8-10-17)24-21(27)12-6-15-5-11-18(19(13-15)29-3)31-14-20(23)26/h5-13H,4,14H2,1-3H3,(H2,23,26)(H,24,27)/b12-6+. The van der Waals surface area contributed by atoms with Crippen LogP contribution in [0.4, 0.5) is 16.2 Å². The largest absolute Gasteiger partial charge is 0.493 e.